The number of esters is 1. The number of hydrogen-bond donors (Lipinski definition) is 1. The lowest BCUT2D eigenvalue weighted by atomic mass is 10.1. The van der Waals surface area contributed by atoms with Crippen molar-refractivity contribution >= 4 is 34.9 Å². The normalized spacial score (nSPS) is 10.3. The molecule has 0 heterocycles. The van der Waals surface area contributed by atoms with Crippen LogP contribution in [0.15, 0.2) is 36.4 Å². The Labute approximate surface area is 151 Å². The molecule has 0 fully saturated rings. The van der Waals surface area contributed by atoms with Gasteiger partial charge in [0.1, 0.15) is 5.75 Å². The van der Waals surface area contributed by atoms with E-state index in [-0.39, 0.29) is 5.97 Å². The average molecular weight is 368 g/mol. The van der Waals surface area contributed by atoms with E-state index in [1.165, 1.54) is 7.11 Å². The first-order chi connectivity index (χ1) is 11.5. The van der Waals surface area contributed by atoms with Crippen molar-refractivity contribution in [3.05, 3.63) is 57.6 Å². The van der Waals surface area contributed by atoms with E-state index in [1.54, 1.807) is 24.3 Å². The van der Waals surface area contributed by atoms with Gasteiger partial charge in [0, 0.05) is 16.6 Å². The standard InChI is InChI=1S/C18H19Cl2NO3/c1-12-5-3-6-16(18(22)23-2)17(12)21-7-4-8-24-15-10-13(19)9-14(20)11-15/h3,5-6,9-11,21H,4,7-8H2,1-2H3. The van der Waals surface area contributed by atoms with Crippen molar-refractivity contribution in [3.8, 4) is 5.75 Å². The van der Waals surface area contributed by atoms with Crippen LogP contribution < -0.4 is 10.1 Å². The number of nitrogens with one attached hydrogen (secondary N) is 1. The predicted molar refractivity (Wildman–Crippen MR) is 97.6 cm³/mol. The lowest BCUT2D eigenvalue weighted by Gasteiger charge is -2.14. The highest BCUT2D eigenvalue weighted by Gasteiger charge is 2.12. The Morgan fingerprint density at radius 3 is 2.54 bits per heavy atom. The SMILES string of the molecule is COC(=O)c1cccc(C)c1NCCCOc1cc(Cl)cc(Cl)c1. The van der Waals surface area contributed by atoms with Gasteiger partial charge in [-0.25, -0.2) is 4.79 Å². The first-order valence-corrected chi connectivity index (χ1v) is 8.27. The highest BCUT2D eigenvalue weighted by molar-refractivity contribution is 6.34. The Balaban J connectivity index is 1.87. The van der Waals surface area contributed by atoms with Crippen molar-refractivity contribution in [3.63, 3.8) is 0 Å². The fourth-order valence-electron chi connectivity index (χ4n) is 2.27. The van der Waals surface area contributed by atoms with E-state index in [9.17, 15) is 4.79 Å². The van der Waals surface area contributed by atoms with Gasteiger partial charge in [0.2, 0.25) is 0 Å². The highest BCUT2D eigenvalue weighted by atomic mass is 35.5. The van der Waals surface area contributed by atoms with Gasteiger partial charge < -0.3 is 14.8 Å². The van der Waals surface area contributed by atoms with Gasteiger partial charge in [-0.05, 0) is 43.2 Å². The molecule has 0 aliphatic heterocycles. The van der Waals surface area contributed by atoms with Gasteiger partial charge in [-0.3, -0.25) is 0 Å². The number of carbonyl (C=O) groups excluding carboxylic acids is 1. The molecule has 4 nitrogen and oxygen atoms in total. The van der Waals surface area contributed by atoms with Gasteiger partial charge in [0.15, 0.2) is 0 Å². The highest BCUT2D eigenvalue weighted by Crippen LogP contribution is 2.24. The van der Waals surface area contributed by atoms with Gasteiger partial charge in [-0.1, -0.05) is 35.3 Å². The van der Waals surface area contributed by atoms with E-state index in [1.807, 2.05) is 19.1 Å². The first-order valence-electron chi connectivity index (χ1n) is 7.52. The summed E-state index contributed by atoms with van der Waals surface area (Å²) in [5, 5.41) is 4.35. The Bertz CT molecular complexity index is 699. The number of anilines is 1. The van der Waals surface area contributed by atoms with Gasteiger partial charge in [-0.2, -0.15) is 0 Å². The molecule has 0 unspecified atom stereocenters. The lowest BCUT2D eigenvalue weighted by molar-refractivity contribution is 0.0601. The second kappa shape index (κ2) is 8.81. The van der Waals surface area contributed by atoms with Crippen molar-refractivity contribution in [1.29, 1.82) is 0 Å². The van der Waals surface area contributed by atoms with E-state index in [4.69, 9.17) is 32.7 Å². The van der Waals surface area contributed by atoms with Crippen LogP contribution in [0.1, 0.15) is 22.3 Å². The Hall–Kier alpha value is -1.91. The van der Waals surface area contributed by atoms with Crippen molar-refractivity contribution < 1.29 is 14.3 Å². The predicted octanol–water partition coefficient (Wildman–Crippen LogP) is 4.97. The van der Waals surface area contributed by atoms with E-state index >= 15 is 0 Å². The van der Waals surface area contributed by atoms with E-state index in [0.717, 1.165) is 17.7 Å². The number of methoxy groups -OCH3 is 1. The monoisotopic (exact) mass is 367 g/mol. The van der Waals surface area contributed by atoms with E-state index in [0.29, 0.717) is 34.5 Å². The molecule has 1 N–H and O–H groups in total. The minimum absolute atomic E-state index is 0.356. The molecule has 0 saturated carbocycles. The second-order valence-electron chi connectivity index (χ2n) is 5.22. The van der Waals surface area contributed by atoms with Crippen LogP contribution in [0.2, 0.25) is 10.0 Å². The number of halogens is 2. The summed E-state index contributed by atoms with van der Waals surface area (Å²) in [6.45, 7) is 3.10. The number of rotatable bonds is 7. The smallest absolute Gasteiger partial charge is 0.339 e. The van der Waals surface area contributed by atoms with Crippen molar-refractivity contribution in [2.75, 3.05) is 25.6 Å². The van der Waals surface area contributed by atoms with Crippen LogP contribution >= 0.6 is 23.2 Å². The number of aryl methyl sites for hydroxylation is 1. The van der Waals surface area contributed by atoms with Crippen LogP contribution in [0.4, 0.5) is 5.69 Å². The molecule has 0 aromatic heterocycles. The molecule has 6 heteroatoms. The summed E-state index contributed by atoms with van der Waals surface area (Å²) < 4.78 is 10.4. The summed E-state index contributed by atoms with van der Waals surface area (Å²) in [6, 6.07) is 10.6. The summed E-state index contributed by atoms with van der Waals surface area (Å²) >= 11 is 11.9. The molecule has 0 atom stereocenters. The van der Waals surface area contributed by atoms with Crippen LogP contribution in [-0.4, -0.2) is 26.2 Å². The zero-order valence-electron chi connectivity index (χ0n) is 13.6. The molecule has 0 aliphatic carbocycles. The summed E-state index contributed by atoms with van der Waals surface area (Å²) in [6.07, 6.45) is 0.749. The number of carbonyl (C=O) groups is 1. The molecule has 2 rings (SSSR count). The van der Waals surface area contributed by atoms with E-state index in [2.05, 4.69) is 5.32 Å². The fraction of sp³-hybridized carbons (Fsp3) is 0.278. The summed E-state index contributed by atoms with van der Waals surface area (Å²) in [4.78, 5) is 11.8. The van der Waals surface area contributed by atoms with Gasteiger partial charge in [0.05, 0.1) is 25.0 Å². The molecule has 0 saturated heterocycles. The Morgan fingerprint density at radius 1 is 1.17 bits per heavy atom. The number of ether oxygens (including phenoxy) is 2. The van der Waals surface area contributed by atoms with Crippen LogP contribution in [0.5, 0.6) is 5.75 Å². The quantitative estimate of drug-likeness (QED) is 0.554. The fourth-order valence-corrected chi connectivity index (χ4v) is 2.78. The Morgan fingerprint density at radius 2 is 1.88 bits per heavy atom. The molecule has 0 radical (unpaired) electrons. The molecule has 2 aromatic carbocycles. The molecule has 0 bridgehead atoms. The molecule has 0 amide bonds. The van der Waals surface area contributed by atoms with Crippen LogP contribution in [0.25, 0.3) is 0 Å². The maximum atomic E-state index is 11.8. The molecular weight excluding hydrogens is 349 g/mol. The number of benzene rings is 2. The van der Waals surface area contributed by atoms with Gasteiger partial charge in [-0.15, -0.1) is 0 Å². The molecule has 0 spiro atoms. The lowest BCUT2D eigenvalue weighted by Crippen LogP contribution is -2.12. The number of para-hydroxylation sites is 1. The van der Waals surface area contributed by atoms with Crippen LogP contribution in [0, 0.1) is 6.92 Å². The van der Waals surface area contributed by atoms with Crippen LogP contribution in [0.3, 0.4) is 0 Å². The van der Waals surface area contributed by atoms with Gasteiger partial charge >= 0.3 is 5.97 Å². The maximum absolute atomic E-state index is 11.8. The topological polar surface area (TPSA) is 47.6 Å². The Kier molecular flexibility index (Phi) is 6.76. The largest absolute Gasteiger partial charge is 0.493 e. The molecule has 24 heavy (non-hydrogen) atoms. The van der Waals surface area contributed by atoms with E-state index < -0.39 is 0 Å². The summed E-state index contributed by atoms with van der Waals surface area (Å²) in [5.41, 5.74) is 2.30. The third kappa shape index (κ3) is 5.05. The van der Waals surface area contributed by atoms with Crippen molar-refractivity contribution in [1.82, 2.24) is 0 Å². The molecule has 128 valence electrons. The minimum atomic E-state index is -0.356. The average Bonchev–Trinajstić information content (AvgIpc) is 2.54. The van der Waals surface area contributed by atoms with Crippen molar-refractivity contribution in [2.45, 2.75) is 13.3 Å². The zero-order valence-corrected chi connectivity index (χ0v) is 15.1. The first kappa shape index (κ1) is 18.4. The van der Waals surface area contributed by atoms with Crippen LogP contribution in [-0.2, 0) is 4.74 Å². The molecule has 0 aliphatic rings. The third-order valence-electron chi connectivity index (χ3n) is 3.41. The van der Waals surface area contributed by atoms with Gasteiger partial charge in [0.25, 0.3) is 0 Å². The molecule has 2 aromatic rings. The zero-order chi connectivity index (χ0) is 17.5. The number of hydrogen-bond acceptors (Lipinski definition) is 4. The summed E-state index contributed by atoms with van der Waals surface area (Å²) in [7, 11) is 1.37. The maximum Gasteiger partial charge on any atom is 0.339 e. The minimum Gasteiger partial charge on any atom is -0.493 e. The molecular formula is C18H19Cl2NO3. The third-order valence-corrected chi connectivity index (χ3v) is 3.84. The summed E-state index contributed by atoms with van der Waals surface area (Å²) in [5.74, 6) is 0.282. The second-order valence-corrected chi connectivity index (χ2v) is 6.10. The van der Waals surface area contributed by atoms with Crippen molar-refractivity contribution in [2.24, 2.45) is 0 Å².